The van der Waals surface area contributed by atoms with Crippen molar-refractivity contribution in [3.8, 4) is 0 Å². The predicted octanol–water partition coefficient (Wildman–Crippen LogP) is 3.19. The third-order valence-electron chi connectivity index (χ3n) is 3.46. The summed E-state index contributed by atoms with van der Waals surface area (Å²) in [7, 11) is 0. The molecule has 1 aliphatic carbocycles. The number of ether oxygens (including phenoxy) is 1. The van der Waals surface area contributed by atoms with Gasteiger partial charge in [0.15, 0.2) is 0 Å². The molecule has 1 rings (SSSR count). The summed E-state index contributed by atoms with van der Waals surface area (Å²) in [5, 5.41) is 9.72. The van der Waals surface area contributed by atoms with E-state index in [0.717, 1.165) is 51.4 Å². The van der Waals surface area contributed by atoms with E-state index in [-0.39, 0.29) is 18.2 Å². The second kappa shape index (κ2) is 8.51. The lowest BCUT2D eigenvalue weighted by Crippen LogP contribution is -2.17. The third-order valence-corrected chi connectivity index (χ3v) is 3.46. The smallest absolute Gasteiger partial charge is 0.302 e. The summed E-state index contributed by atoms with van der Waals surface area (Å²) in [6, 6.07) is 0. The Morgan fingerprint density at radius 3 is 2.00 bits per heavy atom. The standard InChI is InChI=1S/C14H26O3/c1-12(15)17-14-10-5-3-2-4-8-13(16)9-6-7-11-14/h13-14,16H,2-11H2,1H3. The fraction of sp³-hybridized carbons (Fsp3) is 0.929. The quantitative estimate of drug-likeness (QED) is 0.718. The van der Waals surface area contributed by atoms with Crippen LogP contribution in [0.15, 0.2) is 0 Å². The van der Waals surface area contributed by atoms with Crippen molar-refractivity contribution in [1.82, 2.24) is 0 Å². The molecule has 1 aliphatic rings. The molecule has 17 heavy (non-hydrogen) atoms. The lowest BCUT2D eigenvalue weighted by Gasteiger charge is -2.18. The van der Waals surface area contributed by atoms with Gasteiger partial charge in [0.05, 0.1) is 6.10 Å². The first kappa shape index (κ1) is 14.5. The number of hydrogen-bond donors (Lipinski definition) is 1. The van der Waals surface area contributed by atoms with Gasteiger partial charge in [-0.25, -0.2) is 0 Å². The molecule has 0 aromatic carbocycles. The van der Waals surface area contributed by atoms with Gasteiger partial charge in [0.25, 0.3) is 0 Å². The Hall–Kier alpha value is -0.570. The summed E-state index contributed by atoms with van der Waals surface area (Å²) < 4.78 is 5.32. The number of hydrogen-bond acceptors (Lipinski definition) is 3. The summed E-state index contributed by atoms with van der Waals surface area (Å²) in [6.45, 7) is 1.49. The second-order valence-electron chi connectivity index (χ2n) is 5.16. The van der Waals surface area contributed by atoms with Gasteiger partial charge in [-0.1, -0.05) is 25.7 Å². The van der Waals surface area contributed by atoms with Crippen molar-refractivity contribution in [2.24, 2.45) is 0 Å². The third kappa shape index (κ3) is 7.37. The summed E-state index contributed by atoms with van der Waals surface area (Å²) in [6.07, 6.45) is 10.5. The molecule has 0 bridgehead atoms. The van der Waals surface area contributed by atoms with Gasteiger partial charge >= 0.3 is 5.97 Å². The van der Waals surface area contributed by atoms with Gasteiger partial charge in [0.2, 0.25) is 0 Å². The molecule has 0 aromatic rings. The van der Waals surface area contributed by atoms with Gasteiger partial charge in [-0.2, -0.15) is 0 Å². The lowest BCUT2D eigenvalue weighted by molar-refractivity contribution is -0.147. The number of rotatable bonds is 1. The summed E-state index contributed by atoms with van der Waals surface area (Å²) in [4.78, 5) is 11.0. The Bertz CT molecular complexity index is 216. The fourth-order valence-electron chi connectivity index (χ4n) is 2.50. The van der Waals surface area contributed by atoms with E-state index in [9.17, 15) is 9.90 Å². The Morgan fingerprint density at radius 2 is 1.41 bits per heavy atom. The van der Waals surface area contributed by atoms with Gasteiger partial charge in [-0.3, -0.25) is 4.79 Å². The molecular formula is C14H26O3. The molecule has 0 saturated heterocycles. The van der Waals surface area contributed by atoms with Gasteiger partial charge in [0, 0.05) is 6.92 Å². The maximum atomic E-state index is 11.0. The molecule has 0 aliphatic heterocycles. The van der Waals surface area contributed by atoms with Crippen molar-refractivity contribution in [2.45, 2.75) is 83.3 Å². The largest absolute Gasteiger partial charge is 0.463 e. The van der Waals surface area contributed by atoms with E-state index < -0.39 is 0 Å². The van der Waals surface area contributed by atoms with Crippen LogP contribution in [0.4, 0.5) is 0 Å². The van der Waals surface area contributed by atoms with E-state index in [4.69, 9.17) is 4.74 Å². The Balaban J connectivity index is 2.33. The molecule has 0 radical (unpaired) electrons. The van der Waals surface area contributed by atoms with E-state index >= 15 is 0 Å². The van der Waals surface area contributed by atoms with Crippen LogP contribution in [-0.4, -0.2) is 23.3 Å². The first-order valence-corrected chi connectivity index (χ1v) is 7.04. The zero-order valence-corrected chi connectivity index (χ0v) is 11.0. The predicted molar refractivity (Wildman–Crippen MR) is 67.7 cm³/mol. The molecule has 3 heteroatoms. The van der Waals surface area contributed by atoms with Crippen LogP contribution >= 0.6 is 0 Å². The van der Waals surface area contributed by atoms with Crippen LogP contribution in [0.1, 0.15) is 71.1 Å². The van der Waals surface area contributed by atoms with Crippen LogP contribution in [0.3, 0.4) is 0 Å². The summed E-state index contributed by atoms with van der Waals surface area (Å²) in [5.41, 5.74) is 0. The van der Waals surface area contributed by atoms with Crippen LogP contribution < -0.4 is 0 Å². The van der Waals surface area contributed by atoms with Crippen LogP contribution in [0.2, 0.25) is 0 Å². The molecule has 1 N–H and O–H groups in total. The molecule has 2 atom stereocenters. The zero-order valence-electron chi connectivity index (χ0n) is 11.0. The maximum Gasteiger partial charge on any atom is 0.302 e. The van der Waals surface area contributed by atoms with Crippen molar-refractivity contribution in [2.75, 3.05) is 0 Å². The summed E-state index contributed by atoms with van der Waals surface area (Å²) >= 11 is 0. The number of aliphatic hydroxyl groups is 1. The molecule has 1 fully saturated rings. The van der Waals surface area contributed by atoms with Gasteiger partial charge in [-0.05, 0) is 38.5 Å². The number of carbonyl (C=O) groups is 1. The number of carbonyl (C=O) groups excluding carboxylic acids is 1. The number of esters is 1. The monoisotopic (exact) mass is 242 g/mol. The Morgan fingerprint density at radius 1 is 0.941 bits per heavy atom. The molecule has 3 nitrogen and oxygen atoms in total. The van der Waals surface area contributed by atoms with Crippen molar-refractivity contribution in [1.29, 1.82) is 0 Å². The van der Waals surface area contributed by atoms with Crippen LogP contribution in [0.25, 0.3) is 0 Å². The molecule has 100 valence electrons. The van der Waals surface area contributed by atoms with E-state index in [1.165, 1.54) is 19.8 Å². The average molecular weight is 242 g/mol. The molecule has 0 spiro atoms. The minimum Gasteiger partial charge on any atom is -0.463 e. The van der Waals surface area contributed by atoms with Crippen molar-refractivity contribution < 1.29 is 14.6 Å². The van der Waals surface area contributed by atoms with Crippen LogP contribution in [0.5, 0.6) is 0 Å². The van der Waals surface area contributed by atoms with E-state index in [1.54, 1.807) is 0 Å². The van der Waals surface area contributed by atoms with Crippen molar-refractivity contribution in [3.63, 3.8) is 0 Å². The second-order valence-corrected chi connectivity index (χ2v) is 5.16. The van der Waals surface area contributed by atoms with Crippen molar-refractivity contribution >= 4 is 5.97 Å². The first-order chi connectivity index (χ1) is 8.18. The van der Waals surface area contributed by atoms with Gasteiger partial charge in [0.1, 0.15) is 6.10 Å². The minimum atomic E-state index is -0.165. The minimum absolute atomic E-state index is 0.101. The van der Waals surface area contributed by atoms with Gasteiger partial charge in [-0.15, -0.1) is 0 Å². The highest BCUT2D eigenvalue weighted by molar-refractivity contribution is 5.66. The van der Waals surface area contributed by atoms with Crippen LogP contribution in [0, 0.1) is 0 Å². The first-order valence-electron chi connectivity index (χ1n) is 7.04. The SMILES string of the molecule is CC(=O)OC1CCCCCCC(O)CCCC1. The van der Waals surface area contributed by atoms with Gasteiger partial charge < -0.3 is 9.84 Å². The van der Waals surface area contributed by atoms with Crippen molar-refractivity contribution in [3.05, 3.63) is 0 Å². The lowest BCUT2D eigenvalue weighted by atomic mass is 9.98. The highest BCUT2D eigenvalue weighted by atomic mass is 16.5. The highest BCUT2D eigenvalue weighted by Crippen LogP contribution is 2.19. The molecule has 1 saturated carbocycles. The number of aliphatic hydroxyl groups excluding tert-OH is 1. The average Bonchev–Trinajstić information content (AvgIpc) is 2.25. The molecule has 2 unspecified atom stereocenters. The van der Waals surface area contributed by atoms with E-state index in [0.29, 0.717) is 0 Å². The normalized spacial score (nSPS) is 28.8. The Labute approximate surface area is 105 Å². The molecule has 0 heterocycles. The van der Waals surface area contributed by atoms with Crippen LogP contribution in [-0.2, 0) is 9.53 Å². The zero-order chi connectivity index (χ0) is 12.5. The maximum absolute atomic E-state index is 11.0. The molecule has 0 amide bonds. The Kier molecular flexibility index (Phi) is 7.25. The highest BCUT2D eigenvalue weighted by Gasteiger charge is 2.13. The fourth-order valence-corrected chi connectivity index (χ4v) is 2.50. The summed E-state index contributed by atoms with van der Waals surface area (Å²) in [5.74, 6) is -0.165. The topological polar surface area (TPSA) is 46.5 Å². The van der Waals surface area contributed by atoms with E-state index in [1.807, 2.05) is 0 Å². The molecular weight excluding hydrogens is 216 g/mol. The molecule has 0 aromatic heterocycles. The van der Waals surface area contributed by atoms with E-state index in [2.05, 4.69) is 0 Å².